The van der Waals surface area contributed by atoms with Gasteiger partial charge in [-0.05, 0) is 55.8 Å². The second kappa shape index (κ2) is 10.6. The third kappa shape index (κ3) is 5.16. The molecule has 3 aromatic rings. The molecule has 10 heteroatoms. The molecule has 39 heavy (non-hydrogen) atoms. The molecule has 2 amide bonds. The molecule has 1 aromatic carbocycles. The number of aliphatic imine (C=N–C) groups is 1. The summed E-state index contributed by atoms with van der Waals surface area (Å²) in [5.74, 6) is -0.0419. The summed E-state index contributed by atoms with van der Waals surface area (Å²) in [5, 5.41) is 7.23. The fraction of sp³-hybridized carbons (Fsp3) is 0.310. The van der Waals surface area contributed by atoms with Crippen LogP contribution in [0.5, 0.6) is 11.8 Å². The predicted octanol–water partition coefficient (Wildman–Crippen LogP) is 5.13. The second-order valence-electron chi connectivity index (χ2n) is 10.3. The highest BCUT2D eigenvalue weighted by atomic mass is 32.2. The van der Waals surface area contributed by atoms with Crippen molar-refractivity contribution < 1.29 is 14.3 Å². The number of hydrogen-bond donors (Lipinski definition) is 2. The van der Waals surface area contributed by atoms with Crippen LogP contribution in [-0.4, -0.2) is 50.5 Å². The lowest BCUT2D eigenvalue weighted by Crippen LogP contribution is -2.34. The van der Waals surface area contributed by atoms with Gasteiger partial charge in [0.25, 0.3) is 11.8 Å². The van der Waals surface area contributed by atoms with E-state index < -0.39 is 17.2 Å². The summed E-state index contributed by atoms with van der Waals surface area (Å²) in [6, 6.07) is 15.1. The molecular formula is C29H30N6O3S. The maximum atomic E-state index is 13.3. The molecule has 0 radical (unpaired) electrons. The quantitative estimate of drug-likeness (QED) is 0.337. The number of amides is 2. The average molecular weight is 543 g/mol. The Morgan fingerprint density at radius 2 is 1.69 bits per heavy atom. The van der Waals surface area contributed by atoms with Crippen LogP contribution < -0.4 is 10.5 Å². The van der Waals surface area contributed by atoms with Crippen molar-refractivity contribution in [1.29, 1.82) is 5.41 Å². The molecule has 4 heterocycles. The van der Waals surface area contributed by atoms with E-state index in [1.165, 1.54) is 0 Å². The molecule has 1 unspecified atom stereocenters. The molecule has 2 aromatic heterocycles. The molecule has 5 rings (SSSR count). The number of ether oxygens (including phenoxy) is 1. The van der Waals surface area contributed by atoms with Gasteiger partial charge in [-0.15, -0.1) is 0 Å². The Bertz CT molecular complexity index is 1480. The van der Waals surface area contributed by atoms with E-state index >= 15 is 0 Å². The predicted molar refractivity (Wildman–Crippen MR) is 152 cm³/mol. The van der Waals surface area contributed by atoms with E-state index in [0.29, 0.717) is 23.0 Å². The van der Waals surface area contributed by atoms with Gasteiger partial charge in [0.15, 0.2) is 5.17 Å². The lowest BCUT2D eigenvalue weighted by Gasteiger charge is -2.36. The topological polar surface area (TPSA) is 135 Å². The van der Waals surface area contributed by atoms with E-state index in [1.807, 2.05) is 74.2 Å². The number of aromatic nitrogens is 2. The average Bonchev–Trinajstić information content (AvgIpc) is 3.46. The molecule has 0 bridgehead atoms. The third-order valence-corrected chi connectivity index (χ3v) is 7.67. The minimum Gasteiger partial charge on any atom is -0.420 e. The summed E-state index contributed by atoms with van der Waals surface area (Å²) in [5.41, 5.74) is 10.3. The number of nitrogens with two attached hydrogens (primary N) is 1. The Kier molecular flexibility index (Phi) is 7.22. The molecule has 0 saturated carbocycles. The lowest BCUT2D eigenvalue weighted by molar-refractivity contribution is -0.126. The Hall–Kier alpha value is -4.05. The zero-order chi connectivity index (χ0) is 27.7. The van der Waals surface area contributed by atoms with Crippen LogP contribution in [0.1, 0.15) is 59.8 Å². The van der Waals surface area contributed by atoms with Crippen LogP contribution in [0.2, 0.25) is 0 Å². The Labute approximate surface area is 231 Å². The first kappa shape index (κ1) is 26.6. The summed E-state index contributed by atoms with van der Waals surface area (Å²) in [7, 11) is 0. The third-order valence-electron chi connectivity index (χ3n) is 7.22. The molecule has 1 atom stereocenters. The van der Waals surface area contributed by atoms with Crippen molar-refractivity contribution in [2.24, 2.45) is 16.1 Å². The van der Waals surface area contributed by atoms with Gasteiger partial charge >= 0.3 is 0 Å². The van der Waals surface area contributed by atoms with Crippen LogP contribution in [-0.2, 0) is 4.79 Å². The fourth-order valence-electron chi connectivity index (χ4n) is 5.14. The second-order valence-corrected chi connectivity index (χ2v) is 11.2. The van der Waals surface area contributed by atoms with Gasteiger partial charge < -0.3 is 20.8 Å². The van der Waals surface area contributed by atoms with E-state index in [9.17, 15) is 9.59 Å². The number of benzene rings is 1. The van der Waals surface area contributed by atoms with E-state index in [-0.39, 0.29) is 11.1 Å². The number of hydrogen-bond acceptors (Lipinski definition) is 7. The molecule has 9 nitrogen and oxygen atoms in total. The normalized spacial score (nSPS) is 16.7. The molecule has 2 aliphatic heterocycles. The Morgan fingerprint density at radius 3 is 2.36 bits per heavy atom. The van der Waals surface area contributed by atoms with Gasteiger partial charge in [0, 0.05) is 47.0 Å². The summed E-state index contributed by atoms with van der Waals surface area (Å²) in [6.07, 6.45) is 2.10. The van der Waals surface area contributed by atoms with Crippen molar-refractivity contribution in [3.63, 3.8) is 0 Å². The molecule has 1 fully saturated rings. The maximum absolute atomic E-state index is 13.3. The summed E-state index contributed by atoms with van der Waals surface area (Å²) in [4.78, 5) is 41.4. The van der Waals surface area contributed by atoms with Crippen molar-refractivity contribution in [2.75, 3.05) is 13.1 Å². The van der Waals surface area contributed by atoms with Crippen molar-refractivity contribution in [2.45, 2.75) is 39.5 Å². The number of nitrogens with one attached hydrogen (secondary N) is 1. The number of rotatable bonds is 5. The van der Waals surface area contributed by atoms with Crippen LogP contribution in [0.3, 0.4) is 0 Å². The number of carbonyl (C=O) groups excluding carboxylic acids is 2. The van der Waals surface area contributed by atoms with Crippen molar-refractivity contribution in [1.82, 2.24) is 14.9 Å². The van der Waals surface area contributed by atoms with Crippen LogP contribution in [0, 0.1) is 17.7 Å². The van der Waals surface area contributed by atoms with Gasteiger partial charge in [-0.25, -0.2) is 9.97 Å². The van der Waals surface area contributed by atoms with Crippen molar-refractivity contribution in [3.8, 4) is 23.0 Å². The van der Waals surface area contributed by atoms with Gasteiger partial charge in [-0.1, -0.05) is 38.1 Å². The number of likely N-dealkylation sites (tertiary alicyclic amines) is 1. The van der Waals surface area contributed by atoms with Crippen molar-refractivity contribution >= 4 is 34.3 Å². The largest absolute Gasteiger partial charge is 0.420 e. The van der Waals surface area contributed by atoms with Crippen LogP contribution in [0.25, 0.3) is 11.3 Å². The highest BCUT2D eigenvalue weighted by molar-refractivity contribution is 8.24. The first-order valence-electron chi connectivity index (χ1n) is 12.8. The van der Waals surface area contributed by atoms with Gasteiger partial charge in [-0.2, -0.15) is 4.99 Å². The molecule has 200 valence electrons. The first-order chi connectivity index (χ1) is 18.7. The number of aryl methyl sites for hydroxylation is 1. The Morgan fingerprint density at radius 1 is 1.05 bits per heavy atom. The first-order valence-corrected chi connectivity index (χ1v) is 13.7. The minimum absolute atomic E-state index is 0.0118. The SMILES string of the molecule is Cc1ccc2c(n1)Oc1nc(-c3ccc(C(=O)N4CCCC4)cc3)ccc1C2C(C)(C)C(=O)N=C(N)SC=N. The van der Waals surface area contributed by atoms with E-state index in [1.54, 1.807) is 0 Å². The molecular weight excluding hydrogens is 512 g/mol. The van der Waals surface area contributed by atoms with Gasteiger partial charge in [0.1, 0.15) is 0 Å². The van der Waals surface area contributed by atoms with Crippen LogP contribution in [0.4, 0.5) is 0 Å². The minimum atomic E-state index is -1.02. The zero-order valence-electron chi connectivity index (χ0n) is 22.1. The summed E-state index contributed by atoms with van der Waals surface area (Å²) in [6.45, 7) is 7.11. The van der Waals surface area contributed by atoms with E-state index in [2.05, 4.69) is 9.98 Å². The number of pyridine rings is 2. The molecule has 1 saturated heterocycles. The molecule has 3 N–H and O–H groups in total. The number of nitrogens with zero attached hydrogens (tertiary/aromatic N) is 4. The highest BCUT2D eigenvalue weighted by Crippen LogP contribution is 2.51. The van der Waals surface area contributed by atoms with Crippen molar-refractivity contribution in [3.05, 3.63) is 70.9 Å². The molecule has 0 spiro atoms. The molecule has 2 aliphatic rings. The molecule has 0 aliphatic carbocycles. The highest BCUT2D eigenvalue weighted by Gasteiger charge is 2.44. The van der Waals surface area contributed by atoms with E-state index in [4.69, 9.17) is 20.9 Å². The summed E-state index contributed by atoms with van der Waals surface area (Å²) < 4.78 is 6.19. The fourth-order valence-corrected chi connectivity index (χ4v) is 5.39. The Balaban J connectivity index is 1.51. The van der Waals surface area contributed by atoms with Crippen LogP contribution >= 0.6 is 11.8 Å². The standard InChI is InChI=1S/C29H30N6O3S/c1-17-6-11-20-23(29(2,3)27(37)34-28(31)39-16-30)21-12-13-22(33-25(21)38-24(20)32-17)18-7-9-19(10-8-18)26(36)35-14-4-5-15-35/h6-13,16,23,30H,4-5,14-15H2,1-3H3,(H2,31,34,37). The number of carbonyl (C=O) groups is 2. The maximum Gasteiger partial charge on any atom is 0.254 e. The van der Waals surface area contributed by atoms with E-state index in [0.717, 1.165) is 65.6 Å². The summed E-state index contributed by atoms with van der Waals surface area (Å²) >= 11 is 0.880. The van der Waals surface area contributed by atoms with Crippen LogP contribution in [0.15, 0.2) is 53.5 Å². The van der Waals surface area contributed by atoms with Gasteiger partial charge in [0.05, 0.1) is 16.7 Å². The zero-order valence-corrected chi connectivity index (χ0v) is 22.9. The monoisotopic (exact) mass is 542 g/mol. The van der Waals surface area contributed by atoms with Gasteiger partial charge in [-0.3, -0.25) is 9.59 Å². The number of fused-ring (bicyclic) bond motifs is 2. The number of thioether (sulfide) groups is 1. The smallest absolute Gasteiger partial charge is 0.254 e. The van der Waals surface area contributed by atoms with Gasteiger partial charge in [0.2, 0.25) is 11.8 Å². The lowest BCUT2D eigenvalue weighted by atomic mass is 9.70. The number of amidine groups is 1.